The summed E-state index contributed by atoms with van der Waals surface area (Å²) in [6, 6.07) is 1.05. The van der Waals surface area contributed by atoms with Crippen LogP contribution in [0.4, 0.5) is 0 Å². The second kappa shape index (κ2) is 5.79. The summed E-state index contributed by atoms with van der Waals surface area (Å²) >= 11 is 0. The van der Waals surface area contributed by atoms with Gasteiger partial charge in [0, 0.05) is 49.3 Å². The second-order valence-corrected chi connectivity index (χ2v) is 5.95. The van der Waals surface area contributed by atoms with Crippen molar-refractivity contribution in [2.75, 3.05) is 6.54 Å². The van der Waals surface area contributed by atoms with Crippen molar-refractivity contribution in [2.24, 2.45) is 0 Å². The molecular weight excluding hydrogens is 250 g/mol. The molecule has 1 atom stereocenters. The fourth-order valence-electron chi connectivity index (χ4n) is 2.92. The normalized spacial score (nSPS) is 20.1. The van der Waals surface area contributed by atoms with E-state index in [2.05, 4.69) is 39.6 Å². The Morgan fingerprint density at radius 2 is 2.30 bits per heavy atom. The minimum absolute atomic E-state index is 0.434. The van der Waals surface area contributed by atoms with Crippen molar-refractivity contribution in [3.8, 4) is 0 Å². The van der Waals surface area contributed by atoms with Crippen LogP contribution in [0.3, 0.4) is 0 Å². The Balaban J connectivity index is 1.63. The number of rotatable bonds is 5. The first-order valence-electron chi connectivity index (χ1n) is 7.45. The highest BCUT2D eigenvalue weighted by Gasteiger charge is 2.25. The summed E-state index contributed by atoms with van der Waals surface area (Å²) in [5, 5.41) is 4.43. The van der Waals surface area contributed by atoms with Gasteiger partial charge in [-0.05, 0) is 33.2 Å². The smallest absolute Gasteiger partial charge is 0.0946 e. The highest BCUT2D eigenvalue weighted by Crippen LogP contribution is 2.21. The van der Waals surface area contributed by atoms with Crippen molar-refractivity contribution < 1.29 is 0 Å². The zero-order valence-corrected chi connectivity index (χ0v) is 12.3. The predicted octanol–water partition coefficient (Wildman–Crippen LogP) is 2.33. The van der Waals surface area contributed by atoms with Gasteiger partial charge in [-0.25, -0.2) is 4.98 Å². The lowest BCUT2D eigenvalue weighted by Gasteiger charge is -2.24. The Morgan fingerprint density at radius 1 is 1.40 bits per heavy atom. The Bertz CT molecular complexity index is 528. The van der Waals surface area contributed by atoms with Gasteiger partial charge in [0.15, 0.2) is 0 Å². The molecule has 0 amide bonds. The maximum atomic E-state index is 4.43. The van der Waals surface area contributed by atoms with Crippen molar-refractivity contribution in [3.05, 3.63) is 36.7 Å². The van der Waals surface area contributed by atoms with Gasteiger partial charge in [0.25, 0.3) is 0 Å². The SMILES string of the molecule is CC(C)n1cc(CN2CCC[C@@H]2Cn2ccnc2)cn1. The molecule has 0 aromatic carbocycles. The number of imidazole rings is 1. The van der Waals surface area contributed by atoms with Crippen LogP contribution in [0.2, 0.25) is 0 Å². The Labute approximate surface area is 120 Å². The summed E-state index contributed by atoms with van der Waals surface area (Å²) in [4.78, 5) is 6.70. The topological polar surface area (TPSA) is 38.9 Å². The van der Waals surface area contributed by atoms with Crippen LogP contribution in [0.25, 0.3) is 0 Å². The Hall–Kier alpha value is -1.62. The van der Waals surface area contributed by atoms with Gasteiger partial charge in [0.2, 0.25) is 0 Å². The van der Waals surface area contributed by atoms with E-state index in [4.69, 9.17) is 0 Å². The molecule has 1 saturated heterocycles. The maximum absolute atomic E-state index is 4.43. The zero-order chi connectivity index (χ0) is 13.9. The quantitative estimate of drug-likeness (QED) is 0.839. The Kier molecular flexibility index (Phi) is 3.87. The van der Waals surface area contributed by atoms with E-state index in [-0.39, 0.29) is 0 Å². The molecule has 20 heavy (non-hydrogen) atoms. The van der Waals surface area contributed by atoms with Crippen LogP contribution in [0.5, 0.6) is 0 Å². The molecule has 0 unspecified atom stereocenters. The lowest BCUT2D eigenvalue weighted by molar-refractivity contribution is 0.224. The van der Waals surface area contributed by atoms with Crippen LogP contribution < -0.4 is 0 Å². The molecule has 3 heterocycles. The third kappa shape index (κ3) is 2.93. The van der Waals surface area contributed by atoms with Crippen LogP contribution in [0.1, 0.15) is 38.3 Å². The molecule has 3 rings (SSSR count). The number of likely N-dealkylation sites (tertiary alicyclic amines) is 1. The van der Waals surface area contributed by atoms with E-state index in [0.29, 0.717) is 12.1 Å². The molecule has 0 radical (unpaired) electrons. The average molecular weight is 273 g/mol. The van der Waals surface area contributed by atoms with Crippen LogP contribution in [-0.4, -0.2) is 36.8 Å². The number of aromatic nitrogens is 4. The standard InChI is InChI=1S/C15H23N5/c1-13(2)20-10-14(8-17-20)9-19-6-3-4-15(19)11-18-7-5-16-12-18/h5,7-8,10,12-13,15H,3-4,6,9,11H2,1-2H3/t15-/m1/s1. The van der Waals surface area contributed by atoms with Gasteiger partial charge < -0.3 is 4.57 Å². The monoisotopic (exact) mass is 273 g/mol. The maximum Gasteiger partial charge on any atom is 0.0946 e. The highest BCUT2D eigenvalue weighted by molar-refractivity contribution is 5.05. The zero-order valence-electron chi connectivity index (χ0n) is 12.3. The van der Waals surface area contributed by atoms with Gasteiger partial charge in [-0.3, -0.25) is 9.58 Å². The molecule has 2 aromatic rings. The molecule has 0 aliphatic carbocycles. The molecule has 0 N–H and O–H groups in total. The van der Waals surface area contributed by atoms with Crippen molar-refractivity contribution in [2.45, 2.75) is 51.9 Å². The average Bonchev–Trinajstić information content (AvgIpc) is 3.13. The first-order chi connectivity index (χ1) is 9.72. The molecule has 0 bridgehead atoms. The number of nitrogens with zero attached hydrogens (tertiary/aromatic N) is 5. The van der Waals surface area contributed by atoms with Crippen LogP contribution in [-0.2, 0) is 13.1 Å². The van der Waals surface area contributed by atoms with Gasteiger partial charge >= 0.3 is 0 Å². The largest absolute Gasteiger partial charge is 0.336 e. The lowest BCUT2D eigenvalue weighted by Crippen LogP contribution is -2.32. The van der Waals surface area contributed by atoms with E-state index in [1.165, 1.54) is 24.9 Å². The molecule has 0 saturated carbocycles. The summed E-state index contributed by atoms with van der Waals surface area (Å²) in [6.07, 6.45) is 12.6. The van der Waals surface area contributed by atoms with Gasteiger partial charge in [0.05, 0.1) is 12.5 Å². The molecule has 1 fully saturated rings. The molecule has 5 heteroatoms. The van der Waals surface area contributed by atoms with Crippen molar-refractivity contribution in [3.63, 3.8) is 0 Å². The van der Waals surface area contributed by atoms with E-state index in [9.17, 15) is 0 Å². The summed E-state index contributed by atoms with van der Waals surface area (Å²) in [5.74, 6) is 0. The number of hydrogen-bond acceptors (Lipinski definition) is 3. The lowest BCUT2D eigenvalue weighted by atomic mass is 10.2. The minimum Gasteiger partial charge on any atom is -0.336 e. The fraction of sp³-hybridized carbons (Fsp3) is 0.600. The third-order valence-corrected chi connectivity index (χ3v) is 4.05. The van der Waals surface area contributed by atoms with Gasteiger partial charge in [-0.15, -0.1) is 0 Å². The summed E-state index contributed by atoms with van der Waals surface area (Å²) in [5.41, 5.74) is 1.32. The van der Waals surface area contributed by atoms with Crippen LogP contribution in [0.15, 0.2) is 31.1 Å². The van der Waals surface area contributed by atoms with E-state index < -0.39 is 0 Å². The minimum atomic E-state index is 0.434. The fourth-order valence-corrected chi connectivity index (χ4v) is 2.92. The third-order valence-electron chi connectivity index (χ3n) is 4.05. The summed E-state index contributed by atoms with van der Waals surface area (Å²) in [6.45, 7) is 7.56. The van der Waals surface area contributed by atoms with Gasteiger partial charge in [-0.2, -0.15) is 5.10 Å². The second-order valence-electron chi connectivity index (χ2n) is 5.95. The molecular formula is C15H23N5. The van der Waals surface area contributed by atoms with E-state index in [0.717, 1.165) is 13.1 Å². The molecule has 108 valence electrons. The van der Waals surface area contributed by atoms with Crippen LogP contribution >= 0.6 is 0 Å². The predicted molar refractivity (Wildman–Crippen MR) is 78.3 cm³/mol. The van der Waals surface area contributed by atoms with Gasteiger partial charge in [-0.1, -0.05) is 0 Å². The summed E-state index contributed by atoms with van der Waals surface area (Å²) in [7, 11) is 0. The highest BCUT2D eigenvalue weighted by atomic mass is 15.3. The molecule has 1 aliphatic rings. The van der Waals surface area contributed by atoms with Crippen molar-refractivity contribution in [1.29, 1.82) is 0 Å². The van der Waals surface area contributed by atoms with Crippen LogP contribution in [0, 0.1) is 0 Å². The summed E-state index contributed by atoms with van der Waals surface area (Å²) < 4.78 is 4.22. The van der Waals surface area contributed by atoms with Crippen molar-refractivity contribution in [1.82, 2.24) is 24.2 Å². The van der Waals surface area contributed by atoms with Gasteiger partial charge in [0.1, 0.15) is 0 Å². The molecule has 0 spiro atoms. The molecule has 2 aromatic heterocycles. The van der Waals surface area contributed by atoms with E-state index in [1.54, 1.807) is 0 Å². The first kappa shape index (κ1) is 13.4. The molecule has 5 nitrogen and oxygen atoms in total. The molecule has 1 aliphatic heterocycles. The van der Waals surface area contributed by atoms with E-state index in [1.807, 2.05) is 29.6 Å². The number of hydrogen-bond donors (Lipinski definition) is 0. The van der Waals surface area contributed by atoms with E-state index >= 15 is 0 Å². The first-order valence-corrected chi connectivity index (χ1v) is 7.45. The Morgan fingerprint density at radius 3 is 3.00 bits per heavy atom. The van der Waals surface area contributed by atoms with Crippen molar-refractivity contribution >= 4 is 0 Å².